The second kappa shape index (κ2) is 10.3. The van der Waals surface area contributed by atoms with E-state index in [1.54, 1.807) is 11.3 Å². The van der Waals surface area contributed by atoms with Crippen molar-refractivity contribution in [2.24, 2.45) is 0 Å². The zero-order valence-corrected chi connectivity index (χ0v) is 20.2. The van der Waals surface area contributed by atoms with Crippen molar-refractivity contribution in [3.63, 3.8) is 0 Å². The molecule has 2 aliphatic rings. The van der Waals surface area contributed by atoms with Crippen LogP contribution in [0.25, 0.3) is 0 Å². The van der Waals surface area contributed by atoms with Gasteiger partial charge in [-0.25, -0.2) is 4.79 Å². The number of carbonyl (C=O) groups is 1. The van der Waals surface area contributed by atoms with Crippen LogP contribution in [0.2, 0.25) is 5.02 Å². The van der Waals surface area contributed by atoms with E-state index in [-0.39, 0.29) is 5.97 Å². The van der Waals surface area contributed by atoms with Gasteiger partial charge in [0.2, 0.25) is 0 Å². The van der Waals surface area contributed by atoms with Gasteiger partial charge in [-0.2, -0.15) is 0 Å². The van der Waals surface area contributed by atoms with Crippen molar-refractivity contribution in [3.8, 4) is 0 Å². The number of esters is 1. The van der Waals surface area contributed by atoms with Crippen molar-refractivity contribution < 1.29 is 9.53 Å². The lowest BCUT2D eigenvalue weighted by atomic mass is 9.95. The first kappa shape index (κ1) is 22.5. The van der Waals surface area contributed by atoms with E-state index in [4.69, 9.17) is 28.6 Å². The van der Waals surface area contributed by atoms with Crippen LogP contribution in [0, 0.1) is 0 Å². The average Bonchev–Trinajstić information content (AvgIpc) is 3.12. The number of aryl methyl sites for hydroxylation is 1. The van der Waals surface area contributed by atoms with Crippen molar-refractivity contribution in [3.05, 3.63) is 50.9 Å². The highest BCUT2D eigenvalue weighted by Crippen LogP contribution is 2.38. The summed E-state index contributed by atoms with van der Waals surface area (Å²) in [5.74, 6) is -0.237. The monoisotopic (exact) mass is 477 g/mol. The van der Waals surface area contributed by atoms with Crippen molar-refractivity contribution in [2.75, 3.05) is 38.1 Å². The Morgan fingerprint density at radius 3 is 2.74 bits per heavy atom. The molecule has 4 rings (SSSR count). The van der Waals surface area contributed by atoms with E-state index in [2.05, 4.69) is 21.2 Å². The predicted octanol–water partition coefficient (Wildman–Crippen LogP) is 4.97. The first-order valence-electron chi connectivity index (χ1n) is 10.9. The molecule has 1 aromatic heterocycles. The van der Waals surface area contributed by atoms with E-state index in [0.29, 0.717) is 17.3 Å². The van der Waals surface area contributed by atoms with Gasteiger partial charge >= 0.3 is 5.97 Å². The number of thiocarbonyl (C=S) groups is 1. The highest BCUT2D eigenvalue weighted by Gasteiger charge is 2.28. The van der Waals surface area contributed by atoms with Gasteiger partial charge in [-0.1, -0.05) is 23.7 Å². The third-order valence-corrected chi connectivity index (χ3v) is 7.63. The van der Waals surface area contributed by atoms with Crippen LogP contribution in [-0.4, -0.2) is 53.7 Å². The summed E-state index contributed by atoms with van der Waals surface area (Å²) in [7, 11) is 0. The van der Waals surface area contributed by atoms with E-state index in [1.165, 1.54) is 16.9 Å². The van der Waals surface area contributed by atoms with Gasteiger partial charge in [0.1, 0.15) is 5.00 Å². The fourth-order valence-electron chi connectivity index (χ4n) is 4.25. The Morgan fingerprint density at radius 2 is 2.00 bits per heavy atom. The van der Waals surface area contributed by atoms with E-state index in [9.17, 15) is 4.79 Å². The minimum atomic E-state index is -0.237. The smallest absolute Gasteiger partial charge is 0.341 e. The third-order valence-electron chi connectivity index (χ3n) is 5.83. The average molecular weight is 478 g/mol. The van der Waals surface area contributed by atoms with Crippen LogP contribution in [0.15, 0.2) is 24.3 Å². The zero-order chi connectivity index (χ0) is 21.8. The van der Waals surface area contributed by atoms with Crippen LogP contribution in [-0.2, 0) is 24.1 Å². The van der Waals surface area contributed by atoms with Gasteiger partial charge in [0.05, 0.1) is 12.2 Å². The minimum Gasteiger partial charge on any atom is -0.462 e. The molecule has 8 heteroatoms. The second-order valence-electron chi connectivity index (χ2n) is 7.96. The molecule has 1 saturated heterocycles. The lowest BCUT2D eigenvalue weighted by Gasteiger charge is -2.36. The number of anilines is 1. The maximum atomic E-state index is 12.7. The molecule has 0 amide bonds. The number of nitrogens with one attached hydrogen (secondary N) is 1. The largest absolute Gasteiger partial charge is 0.462 e. The van der Waals surface area contributed by atoms with Crippen LogP contribution in [0.1, 0.15) is 46.1 Å². The molecule has 1 fully saturated rings. The molecular weight excluding hydrogens is 450 g/mol. The maximum Gasteiger partial charge on any atom is 0.341 e. The van der Waals surface area contributed by atoms with Gasteiger partial charge in [-0.3, -0.25) is 4.90 Å². The Hall–Kier alpha value is -1.67. The van der Waals surface area contributed by atoms with Gasteiger partial charge in [0.15, 0.2) is 5.11 Å². The first-order chi connectivity index (χ1) is 15.0. The zero-order valence-electron chi connectivity index (χ0n) is 17.8. The molecule has 1 N–H and O–H groups in total. The fourth-order valence-corrected chi connectivity index (χ4v) is 6.09. The fraction of sp³-hybridized carbons (Fsp3) is 0.478. The number of piperazine rings is 1. The lowest BCUT2D eigenvalue weighted by Crippen LogP contribution is -2.49. The molecule has 0 radical (unpaired) electrons. The molecule has 2 aromatic rings. The van der Waals surface area contributed by atoms with E-state index in [1.807, 2.05) is 25.1 Å². The minimum absolute atomic E-state index is 0.237. The van der Waals surface area contributed by atoms with E-state index < -0.39 is 0 Å². The van der Waals surface area contributed by atoms with Crippen LogP contribution >= 0.6 is 35.2 Å². The van der Waals surface area contributed by atoms with Gasteiger partial charge in [-0.05, 0) is 68.1 Å². The number of halogens is 1. The number of hydrogen-bond donors (Lipinski definition) is 1. The Labute approximate surface area is 198 Å². The van der Waals surface area contributed by atoms with E-state index >= 15 is 0 Å². The lowest BCUT2D eigenvalue weighted by molar-refractivity contribution is 0.0526. The number of hydrogen-bond acceptors (Lipinski definition) is 5. The van der Waals surface area contributed by atoms with Gasteiger partial charge in [-0.15, -0.1) is 11.3 Å². The summed E-state index contributed by atoms with van der Waals surface area (Å²) in [5.41, 5.74) is 3.08. The summed E-state index contributed by atoms with van der Waals surface area (Å²) in [6, 6.07) is 8.03. The summed E-state index contributed by atoms with van der Waals surface area (Å²) in [6.07, 6.45) is 4.27. The molecule has 0 unspecified atom stereocenters. The van der Waals surface area contributed by atoms with Crippen LogP contribution in [0.5, 0.6) is 0 Å². The van der Waals surface area contributed by atoms with Gasteiger partial charge in [0.25, 0.3) is 0 Å². The SMILES string of the molecule is CCOC(=O)c1c(NC(=S)N2CCN(Cc3cccc(Cl)c3)CC2)sc2c1CCCC2. The molecule has 5 nitrogen and oxygen atoms in total. The van der Waals surface area contributed by atoms with Crippen molar-refractivity contribution in [1.29, 1.82) is 0 Å². The van der Waals surface area contributed by atoms with Crippen LogP contribution in [0.4, 0.5) is 5.00 Å². The molecular formula is C23H28ClN3O2S2. The van der Waals surface area contributed by atoms with Crippen molar-refractivity contribution in [2.45, 2.75) is 39.2 Å². The summed E-state index contributed by atoms with van der Waals surface area (Å²) >= 11 is 13.5. The molecule has 0 atom stereocenters. The number of fused-ring (bicyclic) bond motifs is 1. The number of nitrogens with zero attached hydrogens (tertiary/aromatic N) is 2. The van der Waals surface area contributed by atoms with Crippen LogP contribution < -0.4 is 5.32 Å². The van der Waals surface area contributed by atoms with E-state index in [0.717, 1.165) is 67.6 Å². The molecule has 0 bridgehead atoms. The molecule has 0 saturated carbocycles. The summed E-state index contributed by atoms with van der Waals surface area (Å²) < 4.78 is 5.35. The Bertz CT molecular complexity index is 954. The van der Waals surface area contributed by atoms with Gasteiger partial charge in [0, 0.05) is 42.6 Å². The molecule has 1 aliphatic heterocycles. The Morgan fingerprint density at radius 1 is 1.23 bits per heavy atom. The molecule has 0 spiro atoms. The van der Waals surface area contributed by atoms with Crippen molar-refractivity contribution >= 4 is 51.2 Å². The Kier molecular flexibility index (Phi) is 7.48. The quantitative estimate of drug-likeness (QED) is 0.484. The first-order valence-corrected chi connectivity index (χ1v) is 12.5. The number of rotatable bonds is 5. The van der Waals surface area contributed by atoms with Crippen LogP contribution in [0.3, 0.4) is 0 Å². The highest BCUT2D eigenvalue weighted by atomic mass is 35.5. The van der Waals surface area contributed by atoms with Gasteiger partial charge < -0.3 is 15.0 Å². The molecule has 166 valence electrons. The molecule has 2 heterocycles. The maximum absolute atomic E-state index is 12.7. The molecule has 1 aromatic carbocycles. The third kappa shape index (κ3) is 5.40. The number of thiophene rings is 1. The highest BCUT2D eigenvalue weighted by molar-refractivity contribution is 7.80. The predicted molar refractivity (Wildman–Crippen MR) is 131 cm³/mol. The Balaban J connectivity index is 1.39. The summed E-state index contributed by atoms with van der Waals surface area (Å²) in [5, 5.41) is 5.69. The normalized spacial score (nSPS) is 16.6. The number of benzene rings is 1. The number of carbonyl (C=O) groups excluding carboxylic acids is 1. The summed E-state index contributed by atoms with van der Waals surface area (Å²) in [6.45, 7) is 6.68. The molecule has 1 aliphatic carbocycles. The topological polar surface area (TPSA) is 44.8 Å². The standard InChI is InChI=1S/C23H28ClN3O2S2/c1-2-29-22(28)20-18-8-3-4-9-19(18)31-21(20)25-23(30)27-12-10-26(11-13-27)15-16-6-5-7-17(24)14-16/h5-7,14H,2-4,8-13,15H2,1H3,(H,25,30). The number of ether oxygens (including phenoxy) is 1. The molecule has 31 heavy (non-hydrogen) atoms. The van der Waals surface area contributed by atoms with Crippen molar-refractivity contribution in [1.82, 2.24) is 9.80 Å². The second-order valence-corrected chi connectivity index (χ2v) is 9.89. The summed E-state index contributed by atoms with van der Waals surface area (Å²) in [4.78, 5) is 18.6.